The number of hydrogen-bond acceptors (Lipinski definition) is 4. The van der Waals surface area contributed by atoms with Gasteiger partial charge in [-0.05, 0) is 43.0 Å². The van der Waals surface area contributed by atoms with Gasteiger partial charge >= 0.3 is 10.2 Å². The molecule has 2 heterocycles. The van der Waals surface area contributed by atoms with Gasteiger partial charge in [-0.1, -0.05) is 6.92 Å². The molecule has 1 N–H and O–H groups in total. The number of anilines is 2. The van der Waals surface area contributed by atoms with Gasteiger partial charge in [0.1, 0.15) is 0 Å². The maximum atomic E-state index is 12.3. The van der Waals surface area contributed by atoms with Crippen molar-refractivity contribution in [2.45, 2.75) is 19.8 Å². The van der Waals surface area contributed by atoms with E-state index in [-0.39, 0.29) is 0 Å². The van der Waals surface area contributed by atoms with Crippen LogP contribution in [0.15, 0.2) is 24.3 Å². The van der Waals surface area contributed by atoms with Crippen LogP contribution in [-0.2, 0) is 14.9 Å². The number of morpholine rings is 1. The van der Waals surface area contributed by atoms with E-state index in [1.807, 2.05) is 24.3 Å². The summed E-state index contributed by atoms with van der Waals surface area (Å²) in [6.45, 7) is 6.14. The molecule has 0 amide bonds. The van der Waals surface area contributed by atoms with Crippen LogP contribution in [0.5, 0.6) is 0 Å². The van der Waals surface area contributed by atoms with Crippen molar-refractivity contribution in [3.63, 3.8) is 0 Å². The van der Waals surface area contributed by atoms with Crippen LogP contribution in [-0.4, -0.2) is 52.1 Å². The second kappa shape index (κ2) is 7.07. The van der Waals surface area contributed by atoms with E-state index in [1.165, 1.54) is 17.1 Å². The number of nitrogens with zero attached hydrogens (tertiary/aromatic N) is 2. The second-order valence-electron chi connectivity index (χ2n) is 6.33. The van der Waals surface area contributed by atoms with Crippen molar-refractivity contribution < 1.29 is 13.2 Å². The van der Waals surface area contributed by atoms with Crippen molar-refractivity contribution in [2.24, 2.45) is 5.92 Å². The van der Waals surface area contributed by atoms with Crippen molar-refractivity contribution in [1.82, 2.24) is 4.31 Å². The Bertz CT molecular complexity index is 604. The predicted octanol–water partition coefficient (Wildman–Crippen LogP) is 1.91. The minimum atomic E-state index is -3.49. The van der Waals surface area contributed by atoms with Crippen molar-refractivity contribution in [3.05, 3.63) is 24.3 Å². The number of benzene rings is 1. The number of ether oxygens (including phenoxy) is 1. The van der Waals surface area contributed by atoms with Crippen LogP contribution in [0.3, 0.4) is 0 Å². The molecule has 2 fully saturated rings. The molecule has 128 valence electrons. The molecule has 1 aromatic carbocycles. The third-order valence-electron chi connectivity index (χ3n) is 4.57. The van der Waals surface area contributed by atoms with Crippen molar-refractivity contribution in [1.29, 1.82) is 0 Å². The van der Waals surface area contributed by atoms with Crippen LogP contribution in [0.2, 0.25) is 0 Å². The minimum absolute atomic E-state index is 0.402. The molecule has 7 heteroatoms. The molecule has 0 aromatic heterocycles. The molecule has 0 saturated carbocycles. The third-order valence-corrected chi connectivity index (χ3v) is 6.11. The Morgan fingerprint density at radius 2 is 1.65 bits per heavy atom. The van der Waals surface area contributed by atoms with Crippen LogP contribution >= 0.6 is 0 Å². The molecule has 0 spiro atoms. The van der Waals surface area contributed by atoms with E-state index in [1.54, 1.807) is 0 Å². The molecule has 0 bridgehead atoms. The highest BCUT2D eigenvalue weighted by molar-refractivity contribution is 7.90. The highest BCUT2D eigenvalue weighted by Crippen LogP contribution is 2.24. The smallest absolute Gasteiger partial charge is 0.301 e. The summed E-state index contributed by atoms with van der Waals surface area (Å²) in [7, 11) is -3.49. The van der Waals surface area contributed by atoms with Gasteiger partial charge in [0, 0.05) is 37.6 Å². The molecule has 2 aliphatic rings. The van der Waals surface area contributed by atoms with Gasteiger partial charge in [0.2, 0.25) is 0 Å². The Hall–Kier alpha value is -1.31. The van der Waals surface area contributed by atoms with Gasteiger partial charge < -0.3 is 9.64 Å². The van der Waals surface area contributed by atoms with Gasteiger partial charge in [-0.15, -0.1) is 0 Å². The van der Waals surface area contributed by atoms with E-state index in [0.717, 1.165) is 24.7 Å². The zero-order valence-electron chi connectivity index (χ0n) is 13.6. The van der Waals surface area contributed by atoms with E-state index >= 15 is 0 Å². The molecular weight excluding hydrogens is 314 g/mol. The number of piperidine rings is 1. The normalized spacial score (nSPS) is 21.3. The molecule has 23 heavy (non-hydrogen) atoms. The summed E-state index contributed by atoms with van der Waals surface area (Å²) in [5, 5.41) is 0. The van der Waals surface area contributed by atoms with E-state index in [9.17, 15) is 8.42 Å². The molecule has 1 aromatic rings. The SMILES string of the molecule is CC1CCN(c2ccc(NS(=O)(=O)N3CCOCC3)cc2)CC1. The number of rotatable bonds is 4. The minimum Gasteiger partial charge on any atom is -0.379 e. The van der Waals surface area contributed by atoms with Crippen LogP contribution in [0.4, 0.5) is 11.4 Å². The molecular formula is C16H25N3O3S. The molecule has 2 saturated heterocycles. The fraction of sp³-hybridized carbons (Fsp3) is 0.625. The first kappa shape index (κ1) is 16.5. The van der Waals surface area contributed by atoms with Crippen LogP contribution < -0.4 is 9.62 Å². The van der Waals surface area contributed by atoms with Gasteiger partial charge in [0.15, 0.2) is 0 Å². The van der Waals surface area contributed by atoms with Crippen LogP contribution in [0, 0.1) is 5.92 Å². The first-order valence-corrected chi connectivity index (χ1v) is 9.69. The molecule has 0 unspecified atom stereocenters. The standard InChI is InChI=1S/C16H25N3O3S/c1-14-6-8-18(9-7-14)16-4-2-15(3-5-16)17-23(20,21)19-10-12-22-13-11-19/h2-5,14,17H,6-13H2,1H3. The zero-order valence-corrected chi connectivity index (χ0v) is 14.4. The quantitative estimate of drug-likeness (QED) is 0.910. The average Bonchev–Trinajstić information content (AvgIpc) is 2.57. The van der Waals surface area contributed by atoms with E-state index in [2.05, 4.69) is 16.5 Å². The summed E-state index contributed by atoms with van der Waals surface area (Å²) in [6, 6.07) is 7.66. The van der Waals surface area contributed by atoms with Gasteiger partial charge in [-0.2, -0.15) is 12.7 Å². The lowest BCUT2D eigenvalue weighted by Crippen LogP contribution is -2.43. The number of hydrogen-bond donors (Lipinski definition) is 1. The summed E-state index contributed by atoms with van der Waals surface area (Å²) in [5.74, 6) is 0.797. The lowest BCUT2D eigenvalue weighted by molar-refractivity contribution is 0.0733. The van der Waals surface area contributed by atoms with Crippen LogP contribution in [0.1, 0.15) is 19.8 Å². The summed E-state index contributed by atoms with van der Waals surface area (Å²) in [4.78, 5) is 2.36. The summed E-state index contributed by atoms with van der Waals surface area (Å²) in [5.41, 5.74) is 1.76. The third kappa shape index (κ3) is 4.16. The first-order valence-electron chi connectivity index (χ1n) is 8.25. The Morgan fingerprint density at radius 3 is 2.26 bits per heavy atom. The average molecular weight is 339 g/mol. The lowest BCUT2D eigenvalue weighted by Gasteiger charge is -2.32. The summed E-state index contributed by atoms with van der Waals surface area (Å²) < 4.78 is 33.9. The molecule has 2 aliphatic heterocycles. The summed E-state index contributed by atoms with van der Waals surface area (Å²) >= 11 is 0. The fourth-order valence-electron chi connectivity index (χ4n) is 3.01. The molecule has 6 nitrogen and oxygen atoms in total. The molecule has 3 rings (SSSR count). The lowest BCUT2D eigenvalue weighted by atomic mass is 9.99. The van der Waals surface area contributed by atoms with Crippen molar-refractivity contribution >= 4 is 21.6 Å². The highest BCUT2D eigenvalue weighted by Gasteiger charge is 2.24. The Balaban J connectivity index is 1.63. The Morgan fingerprint density at radius 1 is 1.04 bits per heavy atom. The van der Waals surface area contributed by atoms with Gasteiger partial charge in [0.25, 0.3) is 0 Å². The molecule has 0 atom stereocenters. The summed E-state index contributed by atoms with van der Waals surface area (Å²) in [6.07, 6.45) is 2.43. The Kier molecular flexibility index (Phi) is 5.08. The topological polar surface area (TPSA) is 61.9 Å². The molecule has 0 radical (unpaired) electrons. The monoisotopic (exact) mass is 339 g/mol. The zero-order chi connectivity index (χ0) is 16.3. The van der Waals surface area contributed by atoms with E-state index in [4.69, 9.17) is 4.74 Å². The van der Waals surface area contributed by atoms with Gasteiger partial charge in [-0.25, -0.2) is 0 Å². The van der Waals surface area contributed by atoms with E-state index in [0.29, 0.717) is 32.0 Å². The maximum absolute atomic E-state index is 12.3. The van der Waals surface area contributed by atoms with Gasteiger partial charge in [-0.3, -0.25) is 4.72 Å². The highest BCUT2D eigenvalue weighted by atomic mass is 32.2. The second-order valence-corrected chi connectivity index (χ2v) is 8.01. The molecule has 0 aliphatic carbocycles. The largest absolute Gasteiger partial charge is 0.379 e. The Labute approximate surface area is 138 Å². The van der Waals surface area contributed by atoms with Gasteiger partial charge in [0.05, 0.1) is 13.2 Å². The predicted molar refractivity (Wildman–Crippen MR) is 92.0 cm³/mol. The first-order chi connectivity index (χ1) is 11.0. The van der Waals surface area contributed by atoms with Crippen LogP contribution in [0.25, 0.3) is 0 Å². The fourth-order valence-corrected chi connectivity index (χ4v) is 4.20. The van der Waals surface area contributed by atoms with Crippen molar-refractivity contribution in [2.75, 3.05) is 49.0 Å². The number of nitrogens with one attached hydrogen (secondary N) is 1. The maximum Gasteiger partial charge on any atom is 0.301 e. The van der Waals surface area contributed by atoms with E-state index < -0.39 is 10.2 Å². The van der Waals surface area contributed by atoms with Crippen molar-refractivity contribution in [3.8, 4) is 0 Å².